The summed E-state index contributed by atoms with van der Waals surface area (Å²) in [4.78, 5) is 45.0. The number of sulfonamides is 4. The third-order valence-corrected chi connectivity index (χ3v) is 28.3. The highest BCUT2D eigenvalue weighted by Gasteiger charge is 2.40. The summed E-state index contributed by atoms with van der Waals surface area (Å²) in [5.74, 6) is -2.97. The highest BCUT2D eigenvalue weighted by Crippen LogP contribution is 2.46. The lowest BCUT2D eigenvalue weighted by Gasteiger charge is -2.22. The molecule has 618 valence electrons. The molecule has 115 heavy (non-hydrogen) atoms. The molecule has 4 heterocycles. The molecule has 0 amide bonds. The van der Waals surface area contributed by atoms with Gasteiger partial charge in [0.25, 0.3) is 40.1 Å². The number of unbranched alkanes of at least 4 members (excludes halogenated alkanes) is 4. The van der Waals surface area contributed by atoms with Gasteiger partial charge in [-0.25, -0.2) is 46.8 Å². The lowest BCUT2D eigenvalue weighted by atomic mass is 9.95. The maximum atomic E-state index is 14.4. The molecule has 24 nitrogen and oxygen atoms in total. The van der Waals surface area contributed by atoms with Crippen LogP contribution in [0.1, 0.15) is 168 Å². The van der Waals surface area contributed by atoms with Crippen LogP contribution < -0.4 is 38.5 Å². The van der Waals surface area contributed by atoms with Gasteiger partial charge in [-0.15, -0.1) is 0 Å². The molecule has 4 aliphatic rings. The minimum absolute atomic E-state index is 0.0739. The fourth-order valence-electron chi connectivity index (χ4n) is 14.1. The van der Waals surface area contributed by atoms with E-state index in [9.17, 15) is 66.0 Å². The number of para-hydroxylation sites is 4. The zero-order valence-corrected chi connectivity index (χ0v) is 70.0. The van der Waals surface area contributed by atoms with Crippen molar-refractivity contribution in [2.24, 2.45) is 0 Å². The van der Waals surface area contributed by atoms with E-state index in [-0.39, 0.29) is 66.6 Å². The molecule has 4 atom stereocenters. The van der Waals surface area contributed by atoms with Gasteiger partial charge >= 0.3 is 23.9 Å². The van der Waals surface area contributed by atoms with Crippen LogP contribution in [-0.4, -0.2) is 138 Å². The summed E-state index contributed by atoms with van der Waals surface area (Å²) in [6.07, 6.45) is 6.30. The minimum atomic E-state index is -3.84. The number of nitrogens with one attached hydrogen (secondary N) is 4. The molecule has 0 radical (unpaired) electrons. The topological polar surface area (TPSA) is 314 Å². The quantitative estimate of drug-likeness (QED) is 0.0213. The van der Waals surface area contributed by atoms with Crippen LogP contribution in [0.4, 0.5) is 35.9 Å². The lowest BCUT2D eigenvalue weighted by Crippen LogP contribution is -2.26. The van der Waals surface area contributed by atoms with Crippen LogP contribution in [0.2, 0.25) is 5.02 Å². The summed E-state index contributed by atoms with van der Waals surface area (Å²) < 4.78 is 168. The second-order valence-electron chi connectivity index (χ2n) is 28.2. The summed E-state index contributed by atoms with van der Waals surface area (Å²) in [5.41, 5.74) is 8.67. The Kier molecular flexibility index (Phi) is 30.4. The van der Waals surface area contributed by atoms with E-state index in [1.165, 1.54) is 103 Å². The number of halogens is 4. The zero-order chi connectivity index (χ0) is 84.0. The van der Waals surface area contributed by atoms with Crippen molar-refractivity contribution in [1.82, 2.24) is 21.3 Å². The molecule has 4 aliphatic heterocycles. The van der Waals surface area contributed by atoms with Crippen molar-refractivity contribution in [3.8, 4) is 0 Å². The number of carbonyl (C=O) groups excluding carboxylic acids is 3. The monoisotopic (exact) mass is 1680 g/mol. The molecule has 0 spiro atoms. The van der Waals surface area contributed by atoms with E-state index in [1.807, 2.05) is 54.6 Å². The first kappa shape index (κ1) is 89.5. The Morgan fingerprint density at radius 1 is 0.357 bits per heavy atom. The van der Waals surface area contributed by atoms with E-state index in [0.717, 1.165) is 28.7 Å². The van der Waals surface area contributed by atoms with Crippen LogP contribution >= 0.6 is 11.6 Å². The van der Waals surface area contributed by atoms with Gasteiger partial charge < -0.3 is 40.6 Å². The predicted molar refractivity (Wildman–Crippen MR) is 436 cm³/mol. The lowest BCUT2D eigenvalue weighted by molar-refractivity contribution is -0.141. The summed E-state index contributed by atoms with van der Waals surface area (Å²) in [6.45, 7) is 8.61. The predicted octanol–water partition coefficient (Wildman–Crippen LogP) is 13.6. The zero-order valence-electron chi connectivity index (χ0n) is 66.0. The van der Waals surface area contributed by atoms with Crippen molar-refractivity contribution in [3.05, 3.63) is 235 Å². The molecule has 0 bridgehead atoms. The van der Waals surface area contributed by atoms with Gasteiger partial charge in [-0.05, 0) is 245 Å². The van der Waals surface area contributed by atoms with Gasteiger partial charge in [-0.1, -0.05) is 84.4 Å². The average Bonchev–Trinajstić information content (AvgIpc) is 1.63. The number of aliphatic carboxylic acids is 1. The van der Waals surface area contributed by atoms with Crippen LogP contribution in [0.25, 0.3) is 0 Å². The smallest absolute Gasteiger partial charge is 0.305 e. The number of ether oxygens (including phenoxy) is 3. The fraction of sp³-hybridized carbons (Fsp3) is 0.373. The molecule has 12 rings (SSSR count). The first-order chi connectivity index (χ1) is 54.5. The van der Waals surface area contributed by atoms with Gasteiger partial charge in [-0.3, -0.25) is 36.4 Å². The highest BCUT2D eigenvalue weighted by molar-refractivity contribution is 7.93. The van der Waals surface area contributed by atoms with E-state index in [1.54, 1.807) is 82.4 Å². The number of hydrogen-bond acceptors (Lipinski definition) is 19. The Morgan fingerprint density at radius 2 is 0.583 bits per heavy atom. The summed E-state index contributed by atoms with van der Waals surface area (Å²) in [7, 11) is -5.05. The van der Waals surface area contributed by atoms with Crippen molar-refractivity contribution in [3.63, 3.8) is 0 Å². The number of methoxy groups -OCH3 is 3. The Morgan fingerprint density at radius 3 is 0.826 bits per heavy atom. The van der Waals surface area contributed by atoms with Gasteiger partial charge in [0.05, 0.1) is 87.8 Å². The van der Waals surface area contributed by atoms with Gasteiger partial charge in [0.15, 0.2) is 0 Å². The Hall–Kier alpha value is -9.44. The molecule has 0 aromatic heterocycles. The van der Waals surface area contributed by atoms with E-state index >= 15 is 0 Å². The Bertz CT molecular complexity index is 5000. The molecule has 0 saturated heterocycles. The second-order valence-corrected chi connectivity index (χ2v) is 36.3. The number of esters is 3. The summed E-state index contributed by atoms with van der Waals surface area (Å²) in [6, 6.07) is 38.6. The Balaban J connectivity index is 0.000000175. The summed E-state index contributed by atoms with van der Waals surface area (Å²) >= 11 is 6.37. The number of aryl methyl sites for hydroxylation is 4. The average molecular weight is 1680 g/mol. The number of carboxylic acids is 1. The molecule has 32 heteroatoms. The molecule has 4 unspecified atom stereocenters. The Labute approximate surface area is 676 Å². The SMILES string of the molecule is COC(=O)CCCCNC1c2ccccc2N(C)S(=O)(=O)c2cc(C)c(Cl)cc21.COC(=O)CCCCNC1c2ccccc2N(C)S(=O)(=O)c2cc(C)c(F)cc21.COC(=O)CCCCNC1c2ccccc2N(C)S(=O)(=O)c2cc(C)c(F)cc21.Cc1cc2c(cc1F)C(NCCCCC(=O)O)c1ccccc1N(C)S2(=O)=O. The molecular formula is C83H98ClF3N8O16S4. The van der Waals surface area contributed by atoms with Crippen LogP contribution in [0.3, 0.4) is 0 Å². The molecule has 8 aromatic rings. The van der Waals surface area contributed by atoms with Gasteiger partial charge in [0, 0.05) is 58.9 Å². The number of fused-ring (bicyclic) bond motifs is 8. The van der Waals surface area contributed by atoms with Crippen LogP contribution in [0, 0.1) is 45.1 Å². The number of rotatable bonds is 24. The van der Waals surface area contributed by atoms with Crippen molar-refractivity contribution in [1.29, 1.82) is 0 Å². The molecule has 0 aliphatic carbocycles. The number of anilines is 4. The van der Waals surface area contributed by atoms with Crippen LogP contribution in [0.15, 0.2) is 165 Å². The molecule has 0 fully saturated rings. The first-order valence-corrected chi connectivity index (χ1v) is 43.6. The van der Waals surface area contributed by atoms with Crippen molar-refractivity contribution in [2.75, 3.05) is 92.9 Å². The van der Waals surface area contributed by atoms with Crippen molar-refractivity contribution < 1.29 is 85.3 Å². The van der Waals surface area contributed by atoms with Crippen LogP contribution in [-0.2, 0) is 73.5 Å². The maximum absolute atomic E-state index is 14.4. The number of nitrogens with zero attached hydrogens (tertiary/aromatic N) is 4. The third-order valence-electron chi connectivity index (χ3n) is 20.6. The molecule has 5 N–H and O–H groups in total. The largest absolute Gasteiger partial charge is 0.481 e. The third kappa shape index (κ3) is 20.3. The normalized spacial score (nSPS) is 17.3. The minimum Gasteiger partial charge on any atom is -0.481 e. The summed E-state index contributed by atoms with van der Waals surface area (Å²) in [5, 5.41) is 22.8. The van der Waals surface area contributed by atoms with Gasteiger partial charge in [0.2, 0.25) is 0 Å². The van der Waals surface area contributed by atoms with Crippen molar-refractivity contribution in [2.45, 2.75) is 148 Å². The molecule has 8 aromatic carbocycles. The van der Waals surface area contributed by atoms with E-state index in [0.29, 0.717) is 146 Å². The number of carboxylic acid groups (broad SMARTS) is 1. The molecular weight excluding hydrogens is 1590 g/mol. The van der Waals surface area contributed by atoms with E-state index < -0.39 is 81.6 Å². The fourth-order valence-corrected chi connectivity index (χ4v) is 20.3. The van der Waals surface area contributed by atoms with E-state index in [2.05, 4.69) is 35.5 Å². The number of benzene rings is 8. The number of carbonyl (C=O) groups is 4. The van der Waals surface area contributed by atoms with Crippen LogP contribution in [0.5, 0.6) is 0 Å². The molecule has 0 saturated carbocycles. The highest BCUT2D eigenvalue weighted by atomic mass is 35.5. The van der Waals surface area contributed by atoms with E-state index in [4.69, 9.17) is 16.7 Å². The second kappa shape index (κ2) is 39.0. The van der Waals surface area contributed by atoms with Gasteiger partial charge in [0.1, 0.15) is 17.5 Å². The van der Waals surface area contributed by atoms with Gasteiger partial charge in [-0.2, -0.15) is 0 Å². The number of hydrogen-bond donors (Lipinski definition) is 5. The first-order valence-electron chi connectivity index (χ1n) is 37.4. The maximum Gasteiger partial charge on any atom is 0.305 e. The standard InChI is InChI=1S/C21H25ClN2O4S.2C21H25FN2O4S.C20H23FN2O4S/c3*1-14-12-19-16(13-17(14)22)21(23-11-7-6-10-20(25)28-3)15-8-4-5-9-18(15)24(2)29(19,26)27;1-13-11-18-15(12-16(13)21)20(22-10-6-5-9-19(24)25)14-7-3-4-8-17(14)23(2)28(18,26)27/h3*4-5,8-9,12-13,21,23H,6-7,10-11H2,1-3H3;3-4,7-8,11-12,20,22H,5-6,9-10H2,1-2H3,(H,24,25). The van der Waals surface area contributed by atoms with Crippen molar-refractivity contribution >= 4 is 98.3 Å².